The Kier molecular flexibility index (Phi) is 6.60. The molecular weight excluding hydrogens is 253 g/mol. The summed E-state index contributed by atoms with van der Waals surface area (Å²) in [6, 6.07) is 0. The lowest BCUT2D eigenvalue weighted by Crippen LogP contribution is -2.21. The Hall–Kier alpha value is -0.0600. The number of rotatable bonds is 4. The average Bonchev–Trinajstić information content (AvgIpc) is 2.00. The predicted octanol–water partition coefficient (Wildman–Crippen LogP) is 2.24. The fourth-order valence-corrected chi connectivity index (χ4v) is 0.826. The number of carbonyl (C=O) groups excluding carboxylic acids is 1. The van der Waals surface area contributed by atoms with Crippen LogP contribution in [-0.2, 0) is 4.79 Å². The van der Waals surface area contributed by atoms with Gasteiger partial charge in [0.15, 0.2) is 0 Å². The molecule has 0 aliphatic heterocycles. The number of hydrogen-bond acceptors (Lipinski definition) is 1. The summed E-state index contributed by atoms with van der Waals surface area (Å²) in [6.07, 6.45) is 3.57. The van der Waals surface area contributed by atoms with Crippen LogP contribution in [-0.4, -0.2) is 12.5 Å². The molecule has 0 atom stereocenters. The Bertz CT molecular complexity index is 154. The molecule has 0 aromatic rings. The number of allylic oxidation sites excluding steroid dienone is 1. The van der Waals surface area contributed by atoms with E-state index in [1.54, 1.807) is 6.08 Å². The molecule has 1 N–H and O–H groups in total. The number of nitrogens with one attached hydrogen (secondary N) is 1. The maximum absolute atomic E-state index is 11.0. The van der Waals surface area contributed by atoms with Crippen molar-refractivity contribution in [1.82, 2.24) is 5.32 Å². The molecule has 0 aromatic carbocycles. The molecular formula is C8H14INO. The van der Waals surface area contributed by atoms with E-state index < -0.39 is 0 Å². The van der Waals surface area contributed by atoms with Gasteiger partial charge in [-0.15, -0.1) is 0 Å². The number of hydrogen-bond donors (Lipinski definition) is 1. The first-order valence-corrected chi connectivity index (χ1v) is 4.92. The molecule has 0 heterocycles. The molecule has 0 saturated heterocycles. The maximum Gasteiger partial charge on any atom is 0.244 e. The quantitative estimate of drug-likeness (QED) is 0.614. The molecule has 0 spiro atoms. The molecule has 0 unspecified atom stereocenters. The zero-order chi connectivity index (χ0) is 8.69. The monoisotopic (exact) mass is 267 g/mol. The minimum atomic E-state index is 0.0260. The highest BCUT2D eigenvalue weighted by molar-refractivity contribution is 14.1. The van der Waals surface area contributed by atoms with Gasteiger partial charge in [0.1, 0.15) is 0 Å². The molecule has 0 bridgehead atoms. The third-order valence-corrected chi connectivity index (χ3v) is 2.25. The van der Waals surface area contributed by atoms with Crippen LogP contribution < -0.4 is 5.32 Å². The van der Waals surface area contributed by atoms with Gasteiger partial charge in [-0.3, -0.25) is 4.79 Å². The average molecular weight is 267 g/mol. The summed E-state index contributed by atoms with van der Waals surface area (Å²) in [5.41, 5.74) is 0. The van der Waals surface area contributed by atoms with Crippen molar-refractivity contribution in [2.45, 2.75) is 26.7 Å². The van der Waals surface area contributed by atoms with E-state index in [-0.39, 0.29) is 5.91 Å². The van der Waals surface area contributed by atoms with Crippen molar-refractivity contribution in [3.05, 3.63) is 9.66 Å². The zero-order valence-electron chi connectivity index (χ0n) is 6.98. The van der Waals surface area contributed by atoms with Gasteiger partial charge in [0.25, 0.3) is 0 Å². The Morgan fingerprint density at radius 3 is 2.64 bits per heavy atom. The second-order valence-electron chi connectivity index (χ2n) is 2.24. The van der Waals surface area contributed by atoms with Crippen molar-refractivity contribution < 1.29 is 4.79 Å². The Morgan fingerprint density at radius 1 is 1.55 bits per heavy atom. The maximum atomic E-state index is 11.0. The fourth-order valence-electron chi connectivity index (χ4n) is 0.544. The molecule has 0 aliphatic rings. The van der Waals surface area contributed by atoms with Gasteiger partial charge < -0.3 is 5.32 Å². The van der Waals surface area contributed by atoms with Crippen LogP contribution in [0.2, 0.25) is 0 Å². The third kappa shape index (κ3) is 6.34. The summed E-state index contributed by atoms with van der Waals surface area (Å²) in [6.45, 7) is 4.84. The molecule has 0 fully saturated rings. The van der Waals surface area contributed by atoms with Crippen LogP contribution in [0.4, 0.5) is 0 Å². The van der Waals surface area contributed by atoms with Crippen molar-refractivity contribution in [1.29, 1.82) is 0 Å². The van der Waals surface area contributed by atoms with Crippen LogP contribution in [0.15, 0.2) is 9.66 Å². The summed E-state index contributed by atoms with van der Waals surface area (Å²) in [4.78, 5) is 11.0. The van der Waals surface area contributed by atoms with Gasteiger partial charge >= 0.3 is 0 Å². The van der Waals surface area contributed by atoms with Crippen molar-refractivity contribution in [3.63, 3.8) is 0 Å². The summed E-state index contributed by atoms with van der Waals surface area (Å²) in [5.74, 6) is 0.0260. The molecule has 2 nitrogen and oxygen atoms in total. The second-order valence-corrected chi connectivity index (χ2v) is 3.62. The number of amides is 1. The van der Waals surface area contributed by atoms with Crippen LogP contribution in [0.5, 0.6) is 0 Å². The Morgan fingerprint density at radius 2 is 2.18 bits per heavy atom. The standard InChI is InChI=1S/C8H14INO/c1-3-5-10-8(11)6-7(9)4-2/h6H,3-5H2,1-2H3,(H,10,11)/b7-6+. The lowest BCUT2D eigenvalue weighted by Gasteiger charge is -1.98. The molecule has 0 radical (unpaired) electrons. The molecule has 64 valence electrons. The van der Waals surface area contributed by atoms with Crippen LogP contribution in [0.25, 0.3) is 0 Å². The van der Waals surface area contributed by atoms with E-state index in [2.05, 4.69) is 27.9 Å². The van der Waals surface area contributed by atoms with Gasteiger partial charge in [0.2, 0.25) is 5.91 Å². The van der Waals surface area contributed by atoms with E-state index in [1.807, 2.05) is 13.8 Å². The van der Waals surface area contributed by atoms with Gasteiger partial charge in [-0.25, -0.2) is 0 Å². The van der Waals surface area contributed by atoms with Crippen LogP contribution in [0, 0.1) is 0 Å². The summed E-state index contributed by atoms with van der Waals surface area (Å²) < 4.78 is 1.09. The largest absolute Gasteiger partial charge is 0.353 e. The molecule has 0 saturated carbocycles. The number of halogens is 1. The minimum absolute atomic E-state index is 0.0260. The molecule has 3 heteroatoms. The molecule has 11 heavy (non-hydrogen) atoms. The molecule has 1 amide bonds. The summed E-state index contributed by atoms with van der Waals surface area (Å²) >= 11 is 2.17. The molecule has 0 aliphatic carbocycles. The second kappa shape index (κ2) is 6.64. The fraction of sp³-hybridized carbons (Fsp3) is 0.625. The van der Waals surface area contributed by atoms with E-state index in [9.17, 15) is 4.79 Å². The highest BCUT2D eigenvalue weighted by Crippen LogP contribution is 2.08. The van der Waals surface area contributed by atoms with Crippen LogP contribution in [0.1, 0.15) is 26.7 Å². The van der Waals surface area contributed by atoms with Gasteiger partial charge in [0, 0.05) is 12.6 Å². The topological polar surface area (TPSA) is 29.1 Å². The highest BCUT2D eigenvalue weighted by Gasteiger charge is 1.94. The highest BCUT2D eigenvalue weighted by atomic mass is 127. The van der Waals surface area contributed by atoms with Crippen molar-refractivity contribution in [2.75, 3.05) is 6.54 Å². The zero-order valence-corrected chi connectivity index (χ0v) is 9.14. The van der Waals surface area contributed by atoms with Crippen molar-refractivity contribution >= 4 is 28.5 Å². The smallest absolute Gasteiger partial charge is 0.244 e. The summed E-state index contributed by atoms with van der Waals surface area (Å²) in [7, 11) is 0. The van der Waals surface area contributed by atoms with Gasteiger partial charge in [-0.1, -0.05) is 13.8 Å². The third-order valence-electron chi connectivity index (χ3n) is 1.17. The van der Waals surface area contributed by atoms with E-state index >= 15 is 0 Å². The van der Waals surface area contributed by atoms with Crippen LogP contribution in [0.3, 0.4) is 0 Å². The van der Waals surface area contributed by atoms with E-state index in [1.165, 1.54) is 0 Å². The van der Waals surface area contributed by atoms with E-state index in [4.69, 9.17) is 0 Å². The van der Waals surface area contributed by atoms with E-state index in [0.29, 0.717) is 0 Å². The van der Waals surface area contributed by atoms with Crippen molar-refractivity contribution in [2.24, 2.45) is 0 Å². The van der Waals surface area contributed by atoms with Gasteiger partial charge in [-0.2, -0.15) is 0 Å². The Balaban J connectivity index is 3.67. The lowest BCUT2D eigenvalue weighted by molar-refractivity contribution is -0.116. The van der Waals surface area contributed by atoms with Gasteiger partial charge in [0.05, 0.1) is 0 Å². The first kappa shape index (κ1) is 10.9. The normalized spacial score (nSPS) is 11.4. The SMILES string of the molecule is CCCNC(=O)/C=C(/I)CC. The predicted molar refractivity (Wildman–Crippen MR) is 55.7 cm³/mol. The van der Waals surface area contributed by atoms with Gasteiger partial charge in [-0.05, 0) is 39.0 Å². The number of carbonyl (C=O) groups is 1. The van der Waals surface area contributed by atoms with Crippen molar-refractivity contribution in [3.8, 4) is 0 Å². The Labute approximate surface area is 81.6 Å². The first-order valence-electron chi connectivity index (χ1n) is 3.84. The lowest BCUT2D eigenvalue weighted by atomic mass is 10.4. The van der Waals surface area contributed by atoms with E-state index in [0.717, 1.165) is 23.0 Å². The minimum Gasteiger partial charge on any atom is -0.353 e. The first-order chi connectivity index (χ1) is 5.20. The van der Waals surface area contributed by atoms with Crippen LogP contribution >= 0.6 is 22.6 Å². The summed E-state index contributed by atoms with van der Waals surface area (Å²) in [5, 5.41) is 2.78. The molecule has 0 rings (SSSR count). The molecule has 0 aromatic heterocycles.